The molecule has 29 heavy (non-hydrogen) atoms. The molecule has 0 aliphatic carbocycles. The molecule has 0 fully saturated rings. The second-order valence-corrected chi connectivity index (χ2v) is 7.96. The Morgan fingerprint density at radius 2 is 2.00 bits per heavy atom. The largest absolute Gasteiger partial charge is 0.350 e. The number of hydrogen-bond donors (Lipinski definition) is 1. The summed E-state index contributed by atoms with van der Waals surface area (Å²) in [5.74, 6) is -0.532. The fraction of sp³-hybridized carbons (Fsp3) is 0.300. The van der Waals surface area contributed by atoms with Crippen LogP contribution in [0.2, 0.25) is 0 Å². The minimum Gasteiger partial charge on any atom is -0.350 e. The molecule has 9 heteroatoms. The van der Waals surface area contributed by atoms with Crippen LogP contribution in [0.5, 0.6) is 0 Å². The first-order chi connectivity index (χ1) is 14.0. The minimum atomic E-state index is -0.435. The number of carbonyl (C=O) groups excluding carboxylic acids is 2. The molecule has 0 unspecified atom stereocenters. The van der Waals surface area contributed by atoms with E-state index in [1.807, 2.05) is 48.7 Å². The summed E-state index contributed by atoms with van der Waals surface area (Å²) in [5.41, 5.74) is 1.73. The number of aryl methyl sites for hydroxylation is 1. The third-order valence-corrected chi connectivity index (χ3v) is 5.83. The van der Waals surface area contributed by atoms with Crippen LogP contribution in [-0.4, -0.2) is 37.6 Å². The molecule has 1 aliphatic heterocycles. The second kappa shape index (κ2) is 8.04. The van der Waals surface area contributed by atoms with Crippen LogP contribution < -0.4 is 11.0 Å². The van der Waals surface area contributed by atoms with Crippen molar-refractivity contribution in [1.29, 1.82) is 0 Å². The van der Waals surface area contributed by atoms with Crippen molar-refractivity contribution in [2.24, 2.45) is 0 Å². The van der Waals surface area contributed by atoms with E-state index in [4.69, 9.17) is 0 Å². The number of benzene rings is 1. The molecular weight excluding hydrogens is 390 g/mol. The molecule has 2 amide bonds. The van der Waals surface area contributed by atoms with Crippen LogP contribution in [0.3, 0.4) is 0 Å². The number of amides is 2. The molecule has 4 rings (SSSR count). The highest BCUT2D eigenvalue weighted by atomic mass is 32.1. The van der Waals surface area contributed by atoms with Crippen LogP contribution >= 0.6 is 11.3 Å². The van der Waals surface area contributed by atoms with Crippen molar-refractivity contribution in [1.82, 2.24) is 24.6 Å². The number of fused-ring (bicyclic) bond motifs is 1. The number of carbonyl (C=O) groups is 2. The van der Waals surface area contributed by atoms with Crippen molar-refractivity contribution in [3.05, 3.63) is 74.1 Å². The highest BCUT2D eigenvalue weighted by molar-refractivity contribution is 7.09. The molecule has 0 bridgehead atoms. The van der Waals surface area contributed by atoms with Gasteiger partial charge >= 0.3 is 5.69 Å². The Morgan fingerprint density at radius 1 is 1.17 bits per heavy atom. The summed E-state index contributed by atoms with van der Waals surface area (Å²) < 4.78 is 2.41. The predicted molar refractivity (Wildman–Crippen MR) is 109 cm³/mol. The molecule has 0 radical (unpaired) electrons. The van der Waals surface area contributed by atoms with Gasteiger partial charge in [0.1, 0.15) is 6.54 Å². The maximum absolute atomic E-state index is 12.9. The SMILES string of the molecule is Cc1ccccc1CN1CCn2c(nn(CC(=O)NCc3cccs3)c2=O)C1=O. The number of rotatable bonds is 6. The molecule has 1 aliphatic rings. The van der Waals surface area contributed by atoms with E-state index < -0.39 is 5.69 Å². The van der Waals surface area contributed by atoms with Gasteiger partial charge in [0.05, 0.1) is 6.54 Å². The molecule has 1 aromatic carbocycles. The average molecular weight is 411 g/mol. The van der Waals surface area contributed by atoms with Crippen molar-refractivity contribution in [2.75, 3.05) is 6.54 Å². The number of nitrogens with zero attached hydrogens (tertiary/aromatic N) is 4. The lowest BCUT2D eigenvalue weighted by molar-refractivity contribution is -0.122. The summed E-state index contributed by atoms with van der Waals surface area (Å²) in [5, 5.41) is 8.85. The van der Waals surface area contributed by atoms with Gasteiger partial charge < -0.3 is 10.2 Å². The van der Waals surface area contributed by atoms with Crippen molar-refractivity contribution in [2.45, 2.75) is 33.1 Å². The lowest BCUT2D eigenvalue weighted by atomic mass is 10.1. The molecule has 0 atom stereocenters. The summed E-state index contributed by atoms with van der Waals surface area (Å²) in [6, 6.07) is 11.7. The highest BCUT2D eigenvalue weighted by Crippen LogP contribution is 2.15. The molecule has 1 N–H and O–H groups in total. The van der Waals surface area contributed by atoms with Gasteiger partial charge in [0.25, 0.3) is 5.91 Å². The summed E-state index contributed by atoms with van der Waals surface area (Å²) in [6.45, 7) is 3.45. The number of aromatic nitrogens is 3. The van der Waals surface area contributed by atoms with Crippen LogP contribution in [0.4, 0.5) is 0 Å². The van der Waals surface area contributed by atoms with Crippen LogP contribution in [0.15, 0.2) is 46.6 Å². The Kier molecular flexibility index (Phi) is 5.30. The van der Waals surface area contributed by atoms with Crippen molar-refractivity contribution in [3.63, 3.8) is 0 Å². The van der Waals surface area contributed by atoms with Crippen LogP contribution in [-0.2, 0) is 31.0 Å². The normalized spacial score (nSPS) is 13.4. The third-order valence-electron chi connectivity index (χ3n) is 4.95. The molecule has 0 spiro atoms. The van der Waals surface area contributed by atoms with Gasteiger partial charge in [0, 0.05) is 24.5 Å². The third kappa shape index (κ3) is 4.00. The van der Waals surface area contributed by atoms with E-state index in [1.54, 1.807) is 16.2 Å². The highest BCUT2D eigenvalue weighted by Gasteiger charge is 2.30. The van der Waals surface area contributed by atoms with E-state index in [9.17, 15) is 14.4 Å². The predicted octanol–water partition coefficient (Wildman–Crippen LogP) is 1.39. The monoisotopic (exact) mass is 411 g/mol. The number of thiophene rings is 1. The molecule has 2 aromatic heterocycles. The zero-order valence-corrected chi connectivity index (χ0v) is 16.8. The van der Waals surface area contributed by atoms with E-state index in [2.05, 4.69) is 10.4 Å². The smallest absolute Gasteiger partial charge is 0.346 e. The molecule has 3 heterocycles. The lowest BCUT2D eigenvalue weighted by Crippen LogP contribution is -2.42. The van der Waals surface area contributed by atoms with Crippen LogP contribution in [0.25, 0.3) is 0 Å². The fourth-order valence-corrected chi connectivity index (χ4v) is 3.95. The maximum atomic E-state index is 12.9. The van der Waals surface area contributed by atoms with Crippen molar-refractivity contribution < 1.29 is 9.59 Å². The van der Waals surface area contributed by atoms with Crippen molar-refractivity contribution >= 4 is 23.2 Å². The molecule has 3 aromatic rings. The Hall–Kier alpha value is -3.20. The maximum Gasteiger partial charge on any atom is 0.346 e. The van der Waals surface area contributed by atoms with Gasteiger partial charge in [0.2, 0.25) is 11.7 Å². The Labute approximate surface area is 171 Å². The Morgan fingerprint density at radius 3 is 2.76 bits per heavy atom. The standard InChI is InChI=1S/C20H21N5O3S/c1-14-5-2-3-6-15(14)12-23-8-9-24-18(19(23)27)22-25(20(24)28)13-17(26)21-11-16-7-4-10-29-16/h2-7,10H,8-9,11-13H2,1H3,(H,21,26). The zero-order valence-electron chi connectivity index (χ0n) is 16.0. The van der Waals surface area contributed by atoms with Gasteiger partial charge in [-0.2, -0.15) is 0 Å². The zero-order chi connectivity index (χ0) is 20.4. The van der Waals surface area contributed by atoms with Gasteiger partial charge in [-0.15, -0.1) is 16.4 Å². The first-order valence-electron chi connectivity index (χ1n) is 9.33. The molecular formula is C20H21N5O3S. The summed E-state index contributed by atoms with van der Waals surface area (Å²) >= 11 is 1.55. The minimum absolute atomic E-state index is 0.0842. The number of nitrogens with one attached hydrogen (secondary N) is 1. The van der Waals surface area contributed by atoms with E-state index in [1.165, 1.54) is 4.57 Å². The molecule has 0 saturated heterocycles. The topological polar surface area (TPSA) is 89.2 Å². The van der Waals surface area contributed by atoms with Crippen LogP contribution in [0.1, 0.15) is 26.6 Å². The van der Waals surface area contributed by atoms with Gasteiger partial charge in [-0.05, 0) is 29.5 Å². The molecule has 0 saturated carbocycles. The Bertz CT molecular complexity index is 1100. The quantitative estimate of drug-likeness (QED) is 0.664. The lowest BCUT2D eigenvalue weighted by Gasteiger charge is -2.27. The van der Waals surface area contributed by atoms with E-state index in [0.717, 1.165) is 20.7 Å². The second-order valence-electron chi connectivity index (χ2n) is 6.92. The van der Waals surface area contributed by atoms with Crippen LogP contribution in [0, 0.1) is 6.92 Å². The Balaban J connectivity index is 1.46. The van der Waals surface area contributed by atoms with E-state index in [0.29, 0.717) is 26.2 Å². The van der Waals surface area contributed by atoms with E-state index in [-0.39, 0.29) is 24.2 Å². The summed E-state index contributed by atoms with van der Waals surface area (Å²) in [6.07, 6.45) is 0. The van der Waals surface area contributed by atoms with Gasteiger partial charge in [-0.3, -0.25) is 14.2 Å². The molecule has 8 nitrogen and oxygen atoms in total. The van der Waals surface area contributed by atoms with Gasteiger partial charge in [-0.1, -0.05) is 30.3 Å². The first kappa shape index (κ1) is 19.1. The first-order valence-corrected chi connectivity index (χ1v) is 10.2. The molecule has 150 valence electrons. The fourth-order valence-electron chi connectivity index (χ4n) is 3.30. The van der Waals surface area contributed by atoms with Gasteiger partial charge in [0.15, 0.2) is 0 Å². The number of hydrogen-bond acceptors (Lipinski definition) is 5. The summed E-state index contributed by atoms with van der Waals surface area (Å²) in [4.78, 5) is 40.3. The van der Waals surface area contributed by atoms with Gasteiger partial charge in [-0.25, -0.2) is 9.48 Å². The van der Waals surface area contributed by atoms with E-state index >= 15 is 0 Å². The average Bonchev–Trinajstić information content (AvgIpc) is 3.33. The summed E-state index contributed by atoms with van der Waals surface area (Å²) in [7, 11) is 0. The van der Waals surface area contributed by atoms with Crippen molar-refractivity contribution in [3.8, 4) is 0 Å².